The summed E-state index contributed by atoms with van der Waals surface area (Å²) in [5.74, 6) is 2.37. The lowest BCUT2D eigenvalue weighted by atomic mass is 10.2. The summed E-state index contributed by atoms with van der Waals surface area (Å²) in [7, 11) is 2.00. The van der Waals surface area contributed by atoms with E-state index < -0.39 is 0 Å². The van der Waals surface area contributed by atoms with Crippen LogP contribution in [0.4, 0.5) is 23.1 Å². The number of benzene rings is 2. The summed E-state index contributed by atoms with van der Waals surface area (Å²) in [6, 6.07) is 16.5. The van der Waals surface area contributed by atoms with Gasteiger partial charge in [0.2, 0.25) is 5.95 Å². The Labute approximate surface area is 168 Å². The number of rotatable bonds is 6. The Kier molecular flexibility index (Phi) is 5.16. The van der Waals surface area contributed by atoms with Gasteiger partial charge in [-0.2, -0.15) is 21.8 Å². The first-order valence-corrected chi connectivity index (χ1v) is 10.4. The smallest absolute Gasteiger partial charge is 0.229 e. The van der Waals surface area contributed by atoms with E-state index in [4.69, 9.17) is 0 Å². The Bertz CT molecular complexity index is 1110. The number of H-pyrrole nitrogens is 1. The van der Waals surface area contributed by atoms with Crippen LogP contribution in [0.3, 0.4) is 0 Å². The highest BCUT2D eigenvalue weighted by molar-refractivity contribution is 7.97. The molecule has 0 aliphatic heterocycles. The normalized spacial score (nSPS) is 11.0. The third-order valence-corrected chi connectivity index (χ3v) is 5.22. The van der Waals surface area contributed by atoms with Crippen molar-refractivity contribution in [2.45, 2.75) is 12.7 Å². The summed E-state index contributed by atoms with van der Waals surface area (Å²) in [5.41, 5.74) is 5.30. The minimum absolute atomic E-state index is 0.573. The largest absolute Gasteiger partial charge is 0.329 e. The molecule has 2 N–H and O–H groups in total. The van der Waals surface area contributed by atoms with Crippen molar-refractivity contribution in [1.82, 2.24) is 20.2 Å². The number of nitrogens with zero attached hydrogens (tertiary/aromatic N) is 4. The molecule has 4 aromatic rings. The van der Waals surface area contributed by atoms with E-state index >= 15 is 0 Å². The molecule has 0 saturated heterocycles. The summed E-state index contributed by atoms with van der Waals surface area (Å²) in [6.45, 7) is 2.00. The van der Waals surface area contributed by atoms with Crippen molar-refractivity contribution in [3.05, 3.63) is 66.0 Å². The number of aryl methyl sites for hydroxylation is 1. The Morgan fingerprint density at radius 1 is 1.14 bits per heavy atom. The molecule has 2 aromatic carbocycles. The Morgan fingerprint density at radius 2 is 2.04 bits per heavy atom. The average molecular weight is 391 g/mol. The second-order valence-electron chi connectivity index (χ2n) is 6.59. The Hall–Kier alpha value is -3.06. The number of fused-ring (bicyclic) bond motifs is 1. The molecular weight excluding hydrogens is 368 g/mol. The van der Waals surface area contributed by atoms with Crippen LogP contribution >= 0.6 is 11.8 Å². The monoisotopic (exact) mass is 390 g/mol. The minimum atomic E-state index is 0.573. The lowest BCUT2D eigenvalue weighted by Crippen LogP contribution is -2.12. The summed E-state index contributed by atoms with van der Waals surface area (Å²) in [4.78, 5) is 11.1. The third kappa shape index (κ3) is 3.80. The molecule has 0 aliphatic rings. The second kappa shape index (κ2) is 7.90. The van der Waals surface area contributed by atoms with Crippen LogP contribution < -0.4 is 10.2 Å². The van der Waals surface area contributed by atoms with Gasteiger partial charge in [0, 0.05) is 35.8 Å². The topological polar surface area (TPSA) is 69.7 Å². The predicted octanol–water partition coefficient (Wildman–Crippen LogP) is 5.04. The van der Waals surface area contributed by atoms with E-state index in [2.05, 4.69) is 62.1 Å². The molecule has 2 aromatic heterocycles. The lowest BCUT2D eigenvalue weighted by Gasteiger charge is -2.19. The molecule has 0 amide bonds. The van der Waals surface area contributed by atoms with E-state index in [1.165, 1.54) is 5.56 Å². The third-order valence-electron chi connectivity index (χ3n) is 4.60. The zero-order valence-electron chi connectivity index (χ0n) is 16.1. The Balaban J connectivity index is 1.57. The molecule has 0 unspecified atom stereocenters. The molecule has 2 heterocycles. The van der Waals surface area contributed by atoms with Crippen LogP contribution in [0.5, 0.6) is 0 Å². The number of nitrogens with one attached hydrogen (secondary N) is 2. The minimum Gasteiger partial charge on any atom is -0.329 e. The molecule has 6 nitrogen and oxygen atoms in total. The highest BCUT2D eigenvalue weighted by Crippen LogP contribution is 2.27. The van der Waals surface area contributed by atoms with Gasteiger partial charge in [-0.1, -0.05) is 12.1 Å². The highest BCUT2D eigenvalue weighted by Gasteiger charge is 2.10. The van der Waals surface area contributed by atoms with Gasteiger partial charge in [-0.25, -0.2) is 4.98 Å². The Morgan fingerprint density at radius 3 is 2.89 bits per heavy atom. The SMILES string of the molecule is CSCc1cccc(Nc2nccc(N(C)c3ccc4c(C)n[nH]c4c3)n2)c1. The maximum Gasteiger partial charge on any atom is 0.229 e. The average Bonchev–Trinajstić information content (AvgIpc) is 3.08. The standard InChI is InChI=1S/C21H22N6S/c1-14-18-8-7-17(12-19(18)26-25-14)27(2)20-9-10-22-21(24-20)23-16-6-4-5-15(11-16)13-28-3/h4-12H,13H2,1-3H3,(H,25,26)(H,22,23,24). The van der Waals surface area contributed by atoms with Crippen molar-refractivity contribution >= 4 is 45.8 Å². The first-order valence-electron chi connectivity index (χ1n) is 9.00. The second-order valence-corrected chi connectivity index (χ2v) is 7.46. The molecule has 0 aliphatic carbocycles. The number of aromatic nitrogens is 4. The predicted molar refractivity (Wildman–Crippen MR) is 118 cm³/mol. The molecule has 0 radical (unpaired) electrons. The first-order chi connectivity index (χ1) is 13.6. The zero-order chi connectivity index (χ0) is 19.5. The van der Waals surface area contributed by atoms with E-state index in [1.54, 1.807) is 18.0 Å². The van der Waals surface area contributed by atoms with Gasteiger partial charge in [0.25, 0.3) is 0 Å². The first kappa shape index (κ1) is 18.3. The van der Waals surface area contributed by atoms with Crippen LogP contribution in [0.25, 0.3) is 10.9 Å². The van der Waals surface area contributed by atoms with Gasteiger partial charge < -0.3 is 10.2 Å². The molecule has 4 rings (SSSR count). The van der Waals surface area contributed by atoms with Gasteiger partial charge in [0.1, 0.15) is 5.82 Å². The summed E-state index contributed by atoms with van der Waals surface area (Å²) in [6.07, 6.45) is 3.87. The molecule has 0 spiro atoms. The van der Waals surface area contributed by atoms with E-state index in [0.29, 0.717) is 5.95 Å². The highest BCUT2D eigenvalue weighted by atomic mass is 32.2. The van der Waals surface area contributed by atoms with Crippen LogP contribution in [0.15, 0.2) is 54.7 Å². The molecule has 0 atom stereocenters. The van der Waals surface area contributed by atoms with Crippen molar-refractivity contribution in [1.29, 1.82) is 0 Å². The summed E-state index contributed by atoms with van der Waals surface area (Å²) < 4.78 is 0. The molecule has 142 valence electrons. The number of hydrogen-bond donors (Lipinski definition) is 2. The van der Waals surface area contributed by atoms with Crippen molar-refractivity contribution in [2.75, 3.05) is 23.5 Å². The van der Waals surface area contributed by atoms with E-state index in [0.717, 1.165) is 39.5 Å². The number of hydrogen-bond acceptors (Lipinski definition) is 6. The van der Waals surface area contributed by atoms with Gasteiger partial charge in [0.05, 0.1) is 11.2 Å². The summed E-state index contributed by atoms with van der Waals surface area (Å²) in [5, 5.41) is 11.8. The fraction of sp³-hybridized carbons (Fsp3) is 0.190. The van der Waals surface area contributed by atoms with Crippen molar-refractivity contribution in [3.63, 3.8) is 0 Å². The maximum atomic E-state index is 4.68. The number of thioether (sulfide) groups is 1. The van der Waals surface area contributed by atoms with Crippen LogP contribution in [0.2, 0.25) is 0 Å². The molecular formula is C21H22N6S. The lowest BCUT2D eigenvalue weighted by molar-refractivity contribution is 1.07. The van der Waals surface area contributed by atoms with Crippen LogP contribution in [-0.4, -0.2) is 33.5 Å². The number of aromatic amines is 1. The number of anilines is 4. The molecule has 28 heavy (non-hydrogen) atoms. The van der Waals surface area contributed by atoms with Crippen molar-refractivity contribution in [2.24, 2.45) is 0 Å². The molecule has 0 fully saturated rings. The van der Waals surface area contributed by atoms with Gasteiger partial charge in [-0.3, -0.25) is 5.10 Å². The van der Waals surface area contributed by atoms with Crippen LogP contribution in [0, 0.1) is 6.92 Å². The van der Waals surface area contributed by atoms with E-state index in [9.17, 15) is 0 Å². The molecule has 7 heteroatoms. The summed E-state index contributed by atoms with van der Waals surface area (Å²) >= 11 is 1.80. The quantitative estimate of drug-likeness (QED) is 0.481. The fourth-order valence-corrected chi connectivity index (χ4v) is 3.63. The van der Waals surface area contributed by atoms with Crippen LogP contribution in [0.1, 0.15) is 11.3 Å². The zero-order valence-corrected chi connectivity index (χ0v) is 16.9. The van der Waals surface area contributed by atoms with Gasteiger partial charge in [-0.05, 0) is 55.1 Å². The van der Waals surface area contributed by atoms with Crippen molar-refractivity contribution in [3.8, 4) is 0 Å². The van der Waals surface area contributed by atoms with Gasteiger partial charge in [0.15, 0.2) is 0 Å². The van der Waals surface area contributed by atoms with Gasteiger partial charge >= 0.3 is 0 Å². The molecule has 0 bridgehead atoms. The van der Waals surface area contributed by atoms with Crippen molar-refractivity contribution < 1.29 is 0 Å². The van der Waals surface area contributed by atoms with Crippen LogP contribution in [-0.2, 0) is 5.75 Å². The molecule has 0 saturated carbocycles. The van der Waals surface area contributed by atoms with E-state index in [1.807, 2.05) is 37.1 Å². The maximum absolute atomic E-state index is 4.68. The fourth-order valence-electron chi connectivity index (χ4n) is 3.12. The van der Waals surface area contributed by atoms with E-state index in [-0.39, 0.29) is 0 Å². The van der Waals surface area contributed by atoms with Gasteiger partial charge in [-0.15, -0.1) is 0 Å².